The molecule has 6 heteroatoms. The summed E-state index contributed by atoms with van der Waals surface area (Å²) in [7, 11) is 0. The first kappa shape index (κ1) is 13.1. The molecule has 0 aliphatic rings. The summed E-state index contributed by atoms with van der Waals surface area (Å²) < 4.78 is 5.30. The number of nitrogens with zero attached hydrogens (tertiary/aromatic N) is 2. The van der Waals surface area contributed by atoms with Crippen LogP contribution in [0.25, 0.3) is 22.6 Å². The number of carbonyl (C=O) groups is 1. The molecule has 2 heterocycles. The van der Waals surface area contributed by atoms with E-state index in [0.717, 1.165) is 11.0 Å². The summed E-state index contributed by atoms with van der Waals surface area (Å²) in [4.78, 5) is 22.5. The molecule has 0 unspecified atom stereocenters. The molecule has 0 saturated heterocycles. The number of hydrogen-bond acceptors (Lipinski definition) is 4. The third-order valence-electron chi connectivity index (χ3n) is 2.95. The summed E-state index contributed by atoms with van der Waals surface area (Å²) in [6.07, 6.45) is 1.52. The van der Waals surface area contributed by atoms with Gasteiger partial charge in [-0.2, -0.15) is 0 Å². The molecule has 3 aromatic rings. The van der Waals surface area contributed by atoms with Crippen LogP contribution in [0.4, 0.5) is 5.69 Å². The monoisotopic (exact) mass is 283 g/mol. The number of fused-ring (bicyclic) bond motifs is 1. The van der Waals surface area contributed by atoms with E-state index in [1.54, 1.807) is 25.3 Å². The molecule has 106 valence electrons. The molecule has 6 nitrogen and oxygen atoms in total. The number of aromatic nitrogens is 2. The van der Waals surface area contributed by atoms with E-state index in [1.165, 1.54) is 0 Å². The van der Waals surface area contributed by atoms with Gasteiger partial charge in [-0.3, -0.25) is 9.79 Å². The molecule has 0 aliphatic carbocycles. The molecule has 0 atom stereocenters. The zero-order valence-electron chi connectivity index (χ0n) is 11.3. The third-order valence-corrected chi connectivity index (χ3v) is 2.95. The maximum absolute atomic E-state index is 10.6. The minimum absolute atomic E-state index is 0.0708. The van der Waals surface area contributed by atoms with E-state index in [2.05, 4.69) is 15.0 Å². The summed E-state index contributed by atoms with van der Waals surface area (Å²) in [6.45, 7) is 1.69. The standard InChI is InChI=1S/C15H13N3O3/c1-9(7-14(19)20)16-10-4-5-11-12(8-10)18-15(17-11)13-3-2-6-21-13/h2-6,8H,7H2,1H3,(H,17,18)(H,19,20). The van der Waals surface area contributed by atoms with Crippen molar-refractivity contribution < 1.29 is 14.3 Å². The van der Waals surface area contributed by atoms with Crippen LogP contribution in [0.15, 0.2) is 46.0 Å². The fraction of sp³-hybridized carbons (Fsp3) is 0.133. The van der Waals surface area contributed by atoms with Crippen molar-refractivity contribution in [3.63, 3.8) is 0 Å². The Morgan fingerprint density at radius 2 is 2.29 bits per heavy atom. The lowest BCUT2D eigenvalue weighted by Gasteiger charge is -1.97. The van der Waals surface area contributed by atoms with Crippen LogP contribution in [0, 0.1) is 0 Å². The second-order valence-electron chi connectivity index (χ2n) is 4.68. The minimum atomic E-state index is -0.890. The highest BCUT2D eigenvalue weighted by Gasteiger charge is 2.08. The Balaban J connectivity index is 1.95. The Hall–Kier alpha value is -2.89. The van der Waals surface area contributed by atoms with Crippen molar-refractivity contribution >= 4 is 28.4 Å². The predicted molar refractivity (Wildman–Crippen MR) is 78.8 cm³/mol. The van der Waals surface area contributed by atoms with Crippen molar-refractivity contribution in [1.82, 2.24) is 9.97 Å². The van der Waals surface area contributed by atoms with E-state index in [1.807, 2.05) is 18.2 Å². The Morgan fingerprint density at radius 3 is 3.00 bits per heavy atom. The summed E-state index contributed by atoms with van der Waals surface area (Å²) in [5.41, 5.74) is 2.87. The molecule has 0 saturated carbocycles. The van der Waals surface area contributed by atoms with E-state index in [4.69, 9.17) is 9.52 Å². The van der Waals surface area contributed by atoms with Gasteiger partial charge in [0, 0.05) is 5.71 Å². The van der Waals surface area contributed by atoms with Crippen LogP contribution in [-0.4, -0.2) is 26.8 Å². The number of carboxylic acid groups (broad SMARTS) is 1. The molecule has 0 amide bonds. The Labute approximate surface area is 120 Å². The highest BCUT2D eigenvalue weighted by atomic mass is 16.4. The molecule has 2 aromatic heterocycles. The van der Waals surface area contributed by atoms with E-state index in [0.29, 0.717) is 23.0 Å². The average Bonchev–Trinajstić information content (AvgIpc) is 3.05. The number of aliphatic carboxylic acids is 1. The van der Waals surface area contributed by atoms with Crippen LogP contribution in [0.3, 0.4) is 0 Å². The number of furan rings is 1. The van der Waals surface area contributed by atoms with Gasteiger partial charge in [-0.15, -0.1) is 0 Å². The van der Waals surface area contributed by atoms with Crippen molar-refractivity contribution in [2.24, 2.45) is 4.99 Å². The molecular weight excluding hydrogens is 270 g/mol. The number of H-pyrrole nitrogens is 1. The number of imidazole rings is 1. The number of carboxylic acids is 1. The second-order valence-corrected chi connectivity index (χ2v) is 4.68. The fourth-order valence-corrected chi connectivity index (χ4v) is 2.08. The first-order valence-electron chi connectivity index (χ1n) is 6.41. The second kappa shape index (κ2) is 5.24. The van der Waals surface area contributed by atoms with Gasteiger partial charge in [0.15, 0.2) is 11.6 Å². The van der Waals surface area contributed by atoms with Crippen LogP contribution in [-0.2, 0) is 4.79 Å². The van der Waals surface area contributed by atoms with Crippen molar-refractivity contribution in [3.05, 3.63) is 36.6 Å². The lowest BCUT2D eigenvalue weighted by Crippen LogP contribution is -2.02. The molecular formula is C15H13N3O3. The molecule has 0 radical (unpaired) electrons. The van der Waals surface area contributed by atoms with Crippen molar-refractivity contribution in [2.45, 2.75) is 13.3 Å². The SMILES string of the molecule is CC(CC(=O)O)=Nc1ccc2nc(-c3ccco3)[nH]c2c1. The molecule has 0 spiro atoms. The lowest BCUT2D eigenvalue weighted by molar-refractivity contribution is -0.135. The lowest BCUT2D eigenvalue weighted by atomic mass is 10.2. The Bertz CT molecular complexity index is 816. The summed E-state index contributed by atoms with van der Waals surface area (Å²) in [6, 6.07) is 9.10. The van der Waals surface area contributed by atoms with Crippen molar-refractivity contribution in [3.8, 4) is 11.6 Å². The van der Waals surface area contributed by atoms with Gasteiger partial charge in [-0.05, 0) is 37.3 Å². The van der Waals surface area contributed by atoms with Gasteiger partial charge in [0.05, 0.1) is 29.4 Å². The van der Waals surface area contributed by atoms with E-state index < -0.39 is 5.97 Å². The van der Waals surface area contributed by atoms with Gasteiger partial charge in [0.2, 0.25) is 0 Å². The fourth-order valence-electron chi connectivity index (χ4n) is 2.08. The highest BCUT2D eigenvalue weighted by Crippen LogP contribution is 2.24. The quantitative estimate of drug-likeness (QED) is 0.718. The van der Waals surface area contributed by atoms with Gasteiger partial charge < -0.3 is 14.5 Å². The molecule has 3 rings (SSSR count). The van der Waals surface area contributed by atoms with E-state index in [9.17, 15) is 4.79 Å². The van der Waals surface area contributed by atoms with E-state index in [-0.39, 0.29) is 6.42 Å². The zero-order valence-corrected chi connectivity index (χ0v) is 11.3. The topological polar surface area (TPSA) is 91.5 Å². The molecule has 0 aliphatic heterocycles. The number of aliphatic imine (C=N–C) groups is 1. The smallest absolute Gasteiger partial charge is 0.309 e. The first-order chi connectivity index (χ1) is 10.1. The van der Waals surface area contributed by atoms with Crippen molar-refractivity contribution in [1.29, 1.82) is 0 Å². The molecule has 1 aromatic carbocycles. The number of rotatable bonds is 4. The maximum Gasteiger partial charge on any atom is 0.309 e. The van der Waals surface area contributed by atoms with Crippen molar-refractivity contribution in [2.75, 3.05) is 0 Å². The summed E-state index contributed by atoms with van der Waals surface area (Å²) in [5.74, 6) is 0.427. The Kier molecular flexibility index (Phi) is 3.27. The van der Waals surface area contributed by atoms with Gasteiger partial charge in [-0.25, -0.2) is 4.98 Å². The zero-order chi connectivity index (χ0) is 14.8. The molecule has 21 heavy (non-hydrogen) atoms. The van der Waals surface area contributed by atoms with Crippen LogP contribution in [0.5, 0.6) is 0 Å². The van der Waals surface area contributed by atoms with E-state index >= 15 is 0 Å². The molecule has 0 bridgehead atoms. The van der Waals surface area contributed by atoms with Gasteiger partial charge in [0.1, 0.15) is 0 Å². The maximum atomic E-state index is 10.6. The number of aromatic amines is 1. The van der Waals surface area contributed by atoms with Crippen LogP contribution in [0.2, 0.25) is 0 Å². The number of nitrogens with one attached hydrogen (secondary N) is 1. The largest absolute Gasteiger partial charge is 0.481 e. The van der Waals surface area contributed by atoms with Gasteiger partial charge in [0.25, 0.3) is 0 Å². The normalized spacial score (nSPS) is 12.0. The van der Waals surface area contributed by atoms with Gasteiger partial charge in [-0.1, -0.05) is 0 Å². The van der Waals surface area contributed by atoms with Crippen LogP contribution in [0.1, 0.15) is 13.3 Å². The third kappa shape index (κ3) is 2.84. The van der Waals surface area contributed by atoms with Crippen LogP contribution >= 0.6 is 0 Å². The van der Waals surface area contributed by atoms with Gasteiger partial charge >= 0.3 is 5.97 Å². The predicted octanol–water partition coefficient (Wildman–Crippen LogP) is 3.39. The highest BCUT2D eigenvalue weighted by molar-refractivity contribution is 5.98. The first-order valence-corrected chi connectivity index (χ1v) is 6.41. The van der Waals surface area contributed by atoms with Crippen LogP contribution < -0.4 is 0 Å². The average molecular weight is 283 g/mol. The number of benzene rings is 1. The Morgan fingerprint density at radius 1 is 1.43 bits per heavy atom. The molecule has 2 N–H and O–H groups in total. The summed E-state index contributed by atoms with van der Waals surface area (Å²) in [5, 5.41) is 8.74. The minimum Gasteiger partial charge on any atom is -0.481 e. The number of hydrogen-bond donors (Lipinski definition) is 2. The summed E-state index contributed by atoms with van der Waals surface area (Å²) >= 11 is 0. The molecule has 0 fully saturated rings.